The van der Waals surface area contributed by atoms with Crippen molar-refractivity contribution in [3.63, 3.8) is 0 Å². The Morgan fingerprint density at radius 2 is 2.16 bits per heavy atom. The molecule has 1 aliphatic heterocycles. The summed E-state index contributed by atoms with van der Waals surface area (Å²) in [5.74, 6) is 0.222. The molecule has 0 radical (unpaired) electrons. The largest absolute Gasteiger partial charge is 0.336 e. The van der Waals surface area contributed by atoms with E-state index in [2.05, 4.69) is 22.1 Å². The van der Waals surface area contributed by atoms with Crippen molar-refractivity contribution >= 4 is 33.4 Å². The molecule has 3 heterocycles. The average molecular weight is 359 g/mol. The maximum absolute atomic E-state index is 13.1. The predicted octanol–water partition coefficient (Wildman–Crippen LogP) is 3.36. The molecule has 3 rings (SSSR count). The van der Waals surface area contributed by atoms with Gasteiger partial charge in [-0.05, 0) is 31.4 Å². The van der Waals surface area contributed by atoms with Crippen LogP contribution in [0.15, 0.2) is 29.7 Å². The summed E-state index contributed by atoms with van der Waals surface area (Å²) in [6.45, 7) is 8.39. The van der Waals surface area contributed by atoms with Crippen LogP contribution >= 0.6 is 11.3 Å². The highest BCUT2D eigenvalue weighted by atomic mass is 32.1. The molecule has 0 N–H and O–H groups in total. The molecule has 1 atom stereocenters. The van der Waals surface area contributed by atoms with E-state index in [9.17, 15) is 9.59 Å². The topological polar surface area (TPSA) is 45.6 Å². The van der Waals surface area contributed by atoms with E-state index < -0.39 is 0 Å². The highest BCUT2D eigenvalue weighted by Crippen LogP contribution is 2.27. The highest BCUT2D eigenvalue weighted by molar-refractivity contribution is 7.16. The molecule has 0 aliphatic carbocycles. The Morgan fingerprint density at radius 1 is 1.36 bits per heavy atom. The molecule has 5 nitrogen and oxygen atoms in total. The van der Waals surface area contributed by atoms with Gasteiger partial charge in [-0.25, -0.2) is 0 Å². The SMILES string of the molecule is C/C=C\Cn1c(C(=O)N2CCN(C(=O)CC)[C@H](C)C2)cc2ccsc21. The molecule has 2 amide bonds. The molecule has 2 aromatic heterocycles. The third kappa shape index (κ3) is 3.35. The number of hydrogen-bond donors (Lipinski definition) is 0. The fraction of sp³-hybridized carbons (Fsp3) is 0.474. The molecule has 0 aromatic carbocycles. The quantitative estimate of drug-likeness (QED) is 0.786. The number of fused-ring (bicyclic) bond motifs is 1. The third-order valence-corrected chi connectivity index (χ3v) is 5.73. The van der Waals surface area contributed by atoms with Crippen molar-refractivity contribution < 1.29 is 9.59 Å². The van der Waals surface area contributed by atoms with Crippen LogP contribution in [0.3, 0.4) is 0 Å². The number of carbonyl (C=O) groups is 2. The van der Waals surface area contributed by atoms with Crippen LogP contribution in [-0.4, -0.2) is 51.9 Å². The second kappa shape index (κ2) is 7.44. The Bertz CT molecular complexity index is 805. The van der Waals surface area contributed by atoms with Gasteiger partial charge >= 0.3 is 0 Å². The van der Waals surface area contributed by atoms with Crippen LogP contribution in [0.4, 0.5) is 0 Å². The van der Waals surface area contributed by atoms with Crippen molar-refractivity contribution in [2.75, 3.05) is 19.6 Å². The van der Waals surface area contributed by atoms with Gasteiger partial charge in [0, 0.05) is 44.0 Å². The van der Waals surface area contributed by atoms with Crippen LogP contribution in [0.5, 0.6) is 0 Å². The molecule has 1 fully saturated rings. The minimum atomic E-state index is 0.0587. The van der Waals surface area contributed by atoms with Crippen molar-refractivity contribution in [2.45, 2.75) is 39.8 Å². The number of amides is 2. The van der Waals surface area contributed by atoms with Crippen molar-refractivity contribution in [3.8, 4) is 0 Å². The Labute approximate surface area is 152 Å². The number of allylic oxidation sites excluding steroid dienone is 2. The van der Waals surface area contributed by atoms with Gasteiger partial charge in [0.25, 0.3) is 5.91 Å². The van der Waals surface area contributed by atoms with Gasteiger partial charge in [0.1, 0.15) is 10.5 Å². The molecule has 25 heavy (non-hydrogen) atoms. The molecular formula is C19H25N3O2S. The number of rotatable bonds is 4. The molecule has 1 saturated heterocycles. The minimum Gasteiger partial charge on any atom is -0.336 e. The van der Waals surface area contributed by atoms with Crippen molar-refractivity contribution in [1.82, 2.24) is 14.4 Å². The Hall–Kier alpha value is -2.08. The summed E-state index contributed by atoms with van der Waals surface area (Å²) in [7, 11) is 0. The zero-order chi connectivity index (χ0) is 18.0. The van der Waals surface area contributed by atoms with Crippen LogP contribution in [0.25, 0.3) is 10.2 Å². The highest BCUT2D eigenvalue weighted by Gasteiger charge is 2.30. The molecule has 134 valence electrons. The number of nitrogens with zero attached hydrogens (tertiary/aromatic N) is 3. The van der Waals surface area contributed by atoms with E-state index in [1.165, 1.54) is 0 Å². The second-order valence-corrected chi connectivity index (χ2v) is 7.33. The first-order valence-corrected chi connectivity index (χ1v) is 9.71. The lowest BCUT2D eigenvalue weighted by atomic mass is 10.1. The second-order valence-electron chi connectivity index (χ2n) is 6.43. The summed E-state index contributed by atoms with van der Waals surface area (Å²) in [4.78, 5) is 30.0. The molecule has 0 spiro atoms. The van der Waals surface area contributed by atoms with Crippen LogP contribution in [0.2, 0.25) is 0 Å². The van der Waals surface area contributed by atoms with E-state index in [1.807, 2.05) is 42.7 Å². The predicted molar refractivity (Wildman–Crippen MR) is 102 cm³/mol. The van der Waals surface area contributed by atoms with Gasteiger partial charge in [-0.3, -0.25) is 9.59 Å². The number of piperazine rings is 1. The van der Waals surface area contributed by atoms with Gasteiger partial charge in [-0.2, -0.15) is 0 Å². The maximum Gasteiger partial charge on any atom is 0.270 e. The number of thiophene rings is 1. The lowest BCUT2D eigenvalue weighted by Gasteiger charge is -2.39. The smallest absolute Gasteiger partial charge is 0.270 e. The van der Waals surface area contributed by atoms with Crippen molar-refractivity contribution in [1.29, 1.82) is 0 Å². The molecule has 0 bridgehead atoms. The van der Waals surface area contributed by atoms with Gasteiger partial charge in [0.15, 0.2) is 0 Å². The Balaban J connectivity index is 1.83. The molecule has 6 heteroatoms. The molecular weight excluding hydrogens is 334 g/mol. The maximum atomic E-state index is 13.1. The monoisotopic (exact) mass is 359 g/mol. The first-order valence-electron chi connectivity index (χ1n) is 8.83. The fourth-order valence-corrected chi connectivity index (χ4v) is 4.33. The fourth-order valence-electron chi connectivity index (χ4n) is 3.42. The van der Waals surface area contributed by atoms with Gasteiger partial charge in [-0.15, -0.1) is 11.3 Å². The molecule has 0 saturated carbocycles. The average Bonchev–Trinajstić information content (AvgIpc) is 3.20. The lowest BCUT2D eigenvalue weighted by Crippen LogP contribution is -2.55. The van der Waals surface area contributed by atoms with E-state index in [4.69, 9.17) is 0 Å². The number of hydrogen-bond acceptors (Lipinski definition) is 3. The van der Waals surface area contributed by atoms with Gasteiger partial charge < -0.3 is 14.4 Å². The molecule has 2 aromatic rings. The summed E-state index contributed by atoms with van der Waals surface area (Å²) >= 11 is 1.66. The lowest BCUT2D eigenvalue weighted by molar-refractivity contribution is -0.134. The molecule has 0 unspecified atom stereocenters. The zero-order valence-electron chi connectivity index (χ0n) is 15.1. The van der Waals surface area contributed by atoms with E-state index in [0.29, 0.717) is 32.6 Å². The minimum absolute atomic E-state index is 0.0587. The van der Waals surface area contributed by atoms with Gasteiger partial charge in [-0.1, -0.05) is 19.1 Å². The molecule has 1 aliphatic rings. The first kappa shape index (κ1) is 17.7. The summed E-state index contributed by atoms with van der Waals surface area (Å²) in [6, 6.07) is 4.11. The summed E-state index contributed by atoms with van der Waals surface area (Å²) in [5.41, 5.74) is 0.738. The number of aromatic nitrogens is 1. The van der Waals surface area contributed by atoms with Crippen molar-refractivity contribution in [3.05, 3.63) is 35.4 Å². The van der Waals surface area contributed by atoms with Crippen LogP contribution in [0, 0.1) is 0 Å². The van der Waals surface area contributed by atoms with E-state index >= 15 is 0 Å². The first-order chi connectivity index (χ1) is 12.1. The van der Waals surface area contributed by atoms with Gasteiger partial charge in [0.2, 0.25) is 5.91 Å². The standard InChI is InChI=1S/C19H25N3O2S/c1-4-6-8-22-16(12-15-7-11-25-19(15)22)18(24)20-9-10-21(14(3)13-20)17(23)5-2/h4,6-7,11-12,14H,5,8-10,13H2,1-3H3/b6-4-/t14-/m1/s1. The van der Waals surface area contributed by atoms with Crippen molar-refractivity contribution in [2.24, 2.45) is 0 Å². The zero-order valence-corrected chi connectivity index (χ0v) is 15.9. The number of carbonyl (C=O) groups excluding carboxylic acids is 2. The van der Waals surface area contributed by atoms with E-state index in [0.717, 1.165) is 15.9 Å². The van der Waals surface area contributed by atoms with Crippen LogP contribution in [0.1, 0.15) is 37.7 Å². The Morgan fingerprint density at radius 3 is 2.84 bits per heavy atom. The summed E-state index contributed by atoms with van der Waals surface area (Å²) in [5, 5.41) is 3.17. The third-order valence-electron chi connectivity index (χ3n) is 4.78. The van der Waals surface area contributed by atoms with Crippen LogP contribution in [-0.2, 0) is 11.3 Å². The van der Waals surface area contributed by atoms with Gasteiger partial charge in [0.05, 0.1) is 0 Å². The van der Waals surface area contributed by atoms with E-state index in [-0.39, 0.29) is 17.9 Å². The summed E-state index contributed by atoms with van der Waals surface area (Å²) in [6.07, 6.45) is 4.59. The Kier molecular flexibility index (Phi) is 5.27. The summed E-state index contributed by atoms with van der Waals surface area (Å²) < 4.78 is 2.09. The van der Waals surface area contributed by atoms with Crippen LogP contribution < -0.4 is 0 Å². The van der Waals surface area contributed by atoms with E-state index in [1.54, 1.807) is 11.3 Å². The normalized spacial score (nSPS) is 18.4.